The summed E-state index contributed by atoms with van der Waals surface area (Å²) in [6.45, 7) is 7.27. The summed E-state index contributed by atoms with van der Waals surface area (Å²) >= 11 is 0. The Labute approximate surface area is 223 Å². The van der Waals surface area contributed by atoms with E-state index < -0.39 is 11.5 Å². The van der Waals surface area contributed by atoms with Gasteiger partial charge in [0.25, 0.3) is 11.8 Å². The van der Waals surface area contributed by atoms with Gasteiger partial charge in [-0.3, -0.25) is 4.79 Å². The van der Waals surface area contributed by atoms with Crippen LogP contribution in [0.2, 0.25) is 0 Å². The molecule has 8 heteroatoms. The Hall–Kier alpha value is -3.00. The molecule has 6 rings (SSSR count). The van der Waals surface area contributed by atoms with Crippen molar-refractivity contribution in [3.05, 3.63) is 59.7 Å². The standard InChI is InChI=1S/C30H37F2N3O3/c1-29(2,33-28(37)38-26-13-18-34-16-11-23(26)12-17-34)25-9-7-22(8-10-25)21-3-5-24(6-4-21)27(36)35-19-14-30(31,32)15-20-35/h3-10,23,26H,11-20H2,1-2H3,(H,33,37). The number of hydrogen-bond acceptors (Lipinski definition) is 4. The van der Waals surface area contributed by atoms with Crippen LogP contribution in [-0.4, -0.2) is 66.6 Å². The summed E-state index contributed by atoms with van der Waals surface area (Å²) in [7, 11) is 0. The number of nitrogens with zero attached hydrogens (tertiary/aromatic N) is 2. The molecule has 1 unspecified atom stereocenters. The molecule has 38 heavy (non-hydrogen) atoms. The minimum absolute atomic E-state index is 0.0219. The zero-order chi connectivity index (χ0) is 26.9. The fourth-order valence-corrected chi connectivity index (χ4v) is 5.85. The van der Waals surface area contributed by atoms with Gasteiger partial charge in [-0.2, -0.15) is 0 Å². The first-order chi connectivity index (χ1) is 18.1. The minimum Gasteiger partial charge on any atom is -0.446 e. The van der Waals surface area contributed by atoms with E-state index in [-0.39, 0.29) is 44.0 Å². The molecule has 0 aliphatic carbocycles. The molecule has 2 amide bonds. The predicted molar refractivity (Wildman–Crippen MR) is 142 cm³/mol. The van der Waals surface area contributed by atoms with Gasteiger partial charge in [-0.25, -0.2) is 13.6 Å². The van der Waals surface area contributed by atoms with Gasteiger partial charge in [0.05, 0.1) is 5.54 Å². The van der Waals surface area contributed by atoms with Crippen molar-refractivity contribution in [1.29, 1.82) is 0 Å². The molecule has 4 fully saturated rings. The Morgan fingerprint density at radius 1 is 0.868 bits per heavy atom. The maximum absolute atomic E-state index is 13.4. The Bertz CT molecular complexity index is 1130. The molecule has 2 aromatic rings. The van der Waals surface area contributed by atoms with Crippen molar-refractivity contribution in [3.8, 4) is 11.1 Å². The molecule has 4 aliphatic heterocycles. The number of rotatable bonds is 5. The molecule has 2 bridgehead atoms. The molecule has 1 atom stereocenters. The van der Waals surface area contributed by atoms with Crippen molar-refractivity contribution < 1.29 is 23.1 Å². The van der Waals surface area contributed by atoms with Gasteiger partial charge in [-0.1, -0.05) is 36.4 Å². The molecule has 0 radical (unpaired) electrons. The van der Waals surface area contributed by atoms with E-state index in [1.165, 1.54) is 4.90 Å². The number of carbonyl (C=O) groups excluding carboxylic acids is 2. The van der Waals surface area contributed by atoms with E-state index >= 15 is 0 Å². The molecule has 6 nitrogen and oxygen atoms in total. The predicted octanol–water partition coefficient (Wildman–Crippen LogP) is 5.67. The molecule has 1 N–H and O–H groups in total. The zero-order valence-electron chi connectivity index (χ0n) is 22.2. The maximum atomic E-state index is 13.4. The summed E-state index contributed by atoms with van der Waals surface area (Å²) in [6, 6.07) is 15.2. The van der Waals surface area contributed by atoms with E-state index in [2.05, 4.69) is 10.2 Å². The lowest BCUT2D eigenvalue weighted by Gasteiger charge is -2.31. The van der Waals surface area contributed by atoms with Crippen molar-refractivity contribution in [2.24, 2.45) is 5.92 Å². The number of alkyl halides is 2. The molecule has 4 heterocycles. The highest BCUT2D eigenvalue weighted by molar-refractivity contribution is 5.94. The van der Waals surface area contributed by atoms with Crippen LogP contribution in [0.1, 0.15) is 61.9 Å². The van der Waals surface area contributed by atoms with E-state index in [9.17, 15) is 18.4 Å². The second-order valence-electron chi connectivity index (χ2n) is 11.5. The number of halogens is 2. The van der Waals surface area contributed by atoms with Crippen molar-refractivity contribution >= 4 is 12.0 Å². The fourth-order valence-electron chi connectivity index (χ4n) is 5.85. The lowest BCUT2D eigenvalue weighted by Crippen LogP contribution is -2.43. The third-order valence-electron chi connectivity index (χ3n) is 8.41. The van der Waals surface area contributed by atoms with E-state index in [1.54, 1.807) is 12.1 Å². The van der Waals surface area contributed by atoms with Gasteiger partial charge in [-0.05, 0) is 80.9 Å². The summed E-state index contributed by atoms with van der Waals surface area (Å²) < 4.78 is 32.7. The van der Waals surface area contributed by atoms with Gasteiger partial charge in [0.15, 0.2) is 0 Å². The van der Waals surface area contributed by atoms with Crippen LogP contribution >= 0.6 is 0 Å². The fraction of sp³-hybridized carbons (Fsp3) is 0.533. The molecular formula is C30H37F2N3O3. The summed E-state index contributed by atoms with van der Waals surface area (Å²) in [4.78, 5) is 29.5. The van der Waals surface area contributed by atoms with Crippen molar-refractivity contribution in [2.45, 2.75) is 63.5 Å². The Morgan fingerprint density at radius 2 is 1.42 bits per heavy atom. The first-order valence-corrected chi connectivity index (χ1v) is 13.7. The van der Waals surface area contributed by atoms with E-state index in [0.717, 1.165) is 55.6 Å². The second kappa shape index (κ2) is 10.6. The Morgan fingerprint density at radius 3 is 2.03 bits per heavy atom. The molecule has 204 valence electrons. The second-order valence-corrected chi connectivity index (χ2v) is 11.5. The van der Waals surface area contributed by atoms with Crippen LogP contribution in [0.25, 0.3) is 11.1 Å². The van der Waals surface area contributed by atoms with Gasteiger partial charge in [0, 0.05) is 38.0 Å². The lowest BCUT2D eigenvalue weighted by atomic mass is 9.92. The number of fused-ring (bicyclic) bond motifs is 4. The first kappa shape index (κ1) is 26.6. The first-order valence-electron chi connectivity index (χ1n) is 13.7. The Balaban J connectivity index is 1.18. The monoisotopic (exact) mass is 525 g/mol. The quantitative estimate of drug-likeness (QED) is 0.547. The molecule has 2 aromatic carbocycles. The lowest BCUT2D eigenvalue weighted by molar-refractivity contribution is -0.0494. The van der Waals surface area contributed by atoms with Crippen molar-refractivity contribution in [2.75, 3.05) is 32.7 Å². The zero-order valence-corrected chi connectivity index (χ0v) is 22.2. The SMILES string of the molecule is CC(C)(NC(=O)OC1CCN2CCC1CC2)c1ccc(-c2ccc(C(=O)N3CCC(F)(F)CC3)cc2)cc1. The molecular weight excluding hydrogens is 488 g/mol. The van der Waals surface area contributed by atoms with Crippen LogP contribution in [0.5, 0.6) is 0 Å². The van der Waals surface area contributed by atoms with Gasteiger partial charge < -0.3 is 19.9 Å². The van der Waals surface area contributed by atoms with Crippen LogP contribution in [0.3, 0.4) is 0 Å². The van der Waals surface area contributed by atoms with Gasteiger partial charge in [0.2, 0.25) is 0 Å². The van der Waals surface area contributed by atoms with Gasteiger partial charge in [0.1, 0.15) is 6.10 Å². The number of hydrogen-bond donors (Lipinski definition) is 1. The largest absolute Gasteiger partial charge is 0.446 e. The summed E-state index contributed by atoms with van der Waals surface area (Å²) in [5, 5.41) is 3.05. The van der Waals surface area contributed by atoms with Crippen molar-refractivity contribution in [3.63, 3.8) is 0 Å². The minimum atomic E-state index is -2.68. The number of likely N-dealkylation sites (tertiary alicyclic amines) is 1. The van der Waals surface area contributed by atoms with E-state index in [0.29, 0.717) is 11.5 Å². The summed E-state index contributed by atoms with van der Waals surface area (Å²) in [5.41, 5.74) is 2.78. The number of ether oxygens (including phenoxy) is 1. The Kier molecular flexibility index (Phi) is 7.45. The third kappa shape index (κ3) is 6.01. The topological polar surface area (TPSA) is 61.9 Å². The third-order valence-corrected chi connectivity index (χ3v) is 8.41. The molecule has 0 saturated carbocycles. The molecule has 4 saturated heterocycles. The number of alkyl carbamates (subject to hydrolysis) is 1. The number of benzene rings is 2. The normalized spacial score (nSPS) is 24.9. The molecule has 0 spiro atoms. The smallest absolute Gasteiger partial charge is 0.408 e. The number of nitrogens with one attached hydrogen (secondary N) is 1. The molecule has 4 aliphatic rings. The highest BCUT2D eigenvalue weighted by atomic mass is 19.3. The average Bonchev–Trinajstić information content (AvgIpc) is 3.21. The van der Waals surface area contributed by atoms with Crippen LogP contribution in [0.15, 0.2) is 48.5 Å². The maximum Gasteiger partial charge on any atom is 0.408 e. The number of carbonyl (C=O) groups is 2. The summed E-state index contributed by atoms with van der Waals surface area (Å²) in [6.07, 6.45) is 2.11. The van der Waals surface area contributed by atoms with Gasteiger partial charge in [-0.15, -0.1) is 0 Å². The van der Waals surface area contributed by atoms with E-state index in [4.69, 9.17) is 4.74 Å². The highest BCUT2D eigenvalue weighted by Crippen LogP contribution is 2.31. The average molecular weight is 526 g/mol. The summed E-state index contributed by atoms with van der Waals surface area (Å²) in [5.74, 6) is -2.44. The highest BCUT2D eigenvalue weighted by Gasteiger charge is 2.36. The van der Waals surface area contributed by atoms with Gasteiger partial charge >= 0.3 is 6.09 Å². The van der Waals surface area contributed by atoms with E-state index in [1.807, 2.05) is 50.2 Å². The van der Waals surface area contributed by atoms with Crippen LogP contribution in [0.4, 0.5) is 13.6 Å². The number of amides is 2. The van der Waals surface area contributed by atoms with Crippen molar-refractivity contribution in [1.82, 2.24) is 15.1 Å². The number of piperidine rings is 2. The van der Waals surface area contributed by atoms with Crippen LogP contribution in [-0.2, 0) is 10.3 Å². The van der Waals surface area contributed by atoms with Crippen LogP contribution < -0.4 is 5.32 Å². The van der Waals surface area contributed by atoms with Crippen LogP contribution in [0, 0.1) is 5.92 Å². The molecule has 0 aromatic heterocycles.